The monoisotopic (exact) mass is 352 g/mol. The lowest BCUT2D eigenvalue weighted by Gasteiger charge is -2.31. The molecule has 5 nitrogen and oxygen atoms in total. The standard InChI is InChI=1S/C21H28N4O/c1-4-22-18-12-19(24-20(23-18)14-5-6-14)25-10-9-15-11-17(21(2,3)26)8-7-16(15)13-25/h7-8,11-12,14,26H,4-6,9-10,13H2,1-3H3,(H,22,23,24). The molecule has 1 aliphatic heterocycles. The Hall–Kier alpha value is -2.14. The summed E-state index contributed by atoms with van der Waals surface area (Å²) in [5.74, 6) is 3.48. The van der Waals surface area contributed by atoms with Gasteiger partial charge in [-0.05, 0) is 56.7 Å². The molecule has 0 saturated heterocycles. The highest BCUT2D eigenvalue weighted by atomic mass is 16.3. The average molecular weight is 352 g/mol. The van der Waals surface area contributed by atoms with Crippen LogP contribution in [0, 0.1) is 0 Å². The molecule has 1 aromatic carbocycles. The van der Waals surface area contributed by atoms with Crippen molar-refractivity contribution in [3.8, 4) is 0 Å². The Morgan fingerprint density at radius 1 is 1.19 bits per heavy atom. The van der Waals surface area contributed by atoms with E-state index in [-0.39, 0.29) is 0 Å². The van der Waals surface area contributed by atoms with E-state index in [1.165, 1.54) is 24.0 Å². The molecule has 0 amide bonds. The molecule has 1 saturated carbocycles. The largest absolute Gasteiger partial charge is 0.386 e. The van der Waals surface area contributed by atoms with Crippen molar-refractivity contribution in [2.75, 3.05) is 23.3 Å². The van der Waals surface area contributed by atoms with Crippen molar-refractivity contribution in [3.63, 3.8) is 0 Å². The van der Waals surface area contributed by atoms with Gasteiger partial charge in [0.1, 0.15) is 17.5 Å². The van der Waals surface area contributed by atoms with Gasteiger partial charge in [0.05, 0.1) is 5.60 Å². The molecule has 138 valence electrons. The van der Waals surface area contributed by atoms with Crippen molar-refractivity contribution in [2.45, 2.75) is 58.1 Å². The van der Waals surface area contributed by atoms with E-state index in [1.54, 1.807) is 0 Å². The van der Waals surface area contributed by atoms with Gasteiger partial charge in [-0.3, -0.25) is 0 Å². The summed E-state index contributed by atoms with van der Waals surface area (Å²) >= 11 is 0. The van der Waals surface area contributed by atoms with Crippen LogP contribution in [0.5, 0.6) is 0 Å². The van der Waals surface area contributed by atoms with Crippen LogP contribution in [0.15, 0.2) is 24.3 Å². The number of rotatable bonds is 5. The van der Waals surface area contributed by atoms with Crippen LogP contribution in [0.25, 0.3) is 0 Å². The Labute approximate surface area is 155 Å². The smallest absolute Gasteiger partial charge is 0.136 e. The maximum Gasteiger partial charge on any atom is 0.136 e. The van der Waals surface area contributed by atoms with Crippen molar-refractivity contribution in [3.05, 3.63) is 46.8 Å². The van der Waals surface area contributed by atoms with E-state index in [0.717, 1.165) is 49.1 Å². The number of nitrogens with zero attached hydrogens (tertiary/aromatic N) is 3. The van der Waals surface area contributed by atoms with Gasteiger partial charge in [-0.25, -0.2) is 9.97 Å². The molecule has 2 N–H and O–H groups in total. The lowest BCUT2D eigenvalue weighted by molar-refractivity contribution is 0.0785. The van der Waals surface area contributed by atoms with E-state index >= 15 is 0 Å². The highest BCUT2D eigenvalue weighted by Crippen LogP contribution is 2.39. The van der Waals surface area contributed by atoms with Gasteiger partial charge in [0.15, 0.2) is 0 Å². The zero-order chi connectivity index (χ0) is 18.3. The van der Waals surface area contributed by atoms with Crippen molar-refractivity contribution >= 4 is 11.6 Å². The first-order valence-electron chi connectivity index (χ1n) is 9.66. The first-order valence-corrected chi connectivity index (χ1v) is 9.66. The number of anilines is 2. The predicted molar refractivity (Wildman–Crippen MR) is 105 cm³/mol. The van der Waals surface area contributed by atoms with E-state index in [9.17, 15) is 5.11 Å². The Kier molecular flexibility index (Phi) is 4.35. The normalized spacial score (nSPS) is 17.2. The number of hydrogen-bond donors (Lipinski definition) is 2. The molecule has 0 radical (unpaired) electrons. The number of benzene rings is 1. The molecule has 26 heavy (non-hydrogen) atoms. The minimum atomic E-state index is -0.793. The molecule has 0 spiro atoms. The van der Waals surface area contributed by atoms with Crippen molar-refractivity contribution in [1.82, 2.24) is 9.97 Å². The van der Waals surface area contributed by atoms with Gasteiger partial charge >= 0.3 is 0 Å². The highest BCUT2D eigenvalue weighted by molar-refractivity contribution is 5.52. The van der Waals surface area contributed by atoms with Crippen LogP contribution >= 0.6 is 0 Å². The first-order chi connectivity index (χ1) is 12.4. The Morgan fingerprint density at radius 2 is 2.00 bits per heavy atom. The molecular formula is C21H28N4O. The quantitative estimate of drug-likeness (QED) is 0.861. The van der Waals surface area contributed by atoms with Crippen LogP contribution in [-0.4, -0.2) is 28.2 Å². The zero-order valence-electron chi connectivity index (χ0n) is 15.9. The minimum absolute atomic E-state index is 0.541. The maximum absolute atomic E-state index is 10.3. The molecule has 4 rings (SSSR count). The fraction of sp³-hybridized carbons (Fsp3) is 0.524. The third-order valence-corrected chi connectivity index (χ3v) is 5.28. The summed E-state index contributed by atoms with van der Waals surface area (Å²) < 4.78 is 0. The van der Waals surface area contributed by atoms with Crippen molar-refractivity contribution < 1.29 is 5.11 Å². The average Bonchev–Trinajstić information content (AvgIpc) is 3.45. The van der Waals surface area contributed by atoms with E-state index in [1.807, 2.05) is 19.9 Å². The molecule has 2 heterocycles. The molecule has 1 aliphatic carbocycles. The molecule has 2 aromatic rings. The summed E-state index contributed by atoms with van der Waals surface area (Å²) in [6, 6.07) is 8.43. The third kappa shape index (κ3) is 3.54. The summed E-state index contributed by atoms with van der Waals surface area (Å²) in [5.41, 5.74) is 2.85. The summed E-state index contributed by atoms with van der Waals surface area (Å²) in [6.45, 7) is 8.43. The molecule has 0 atom stereocenters. The molecule has 0 bridgehead atoms. The van der Waals surface area contributed by atoms with Gasteiger partial charge in [-0.2, -0.15) is 0 Å². The SMILES string of the molecule is CCNc1cc(N2CCc3cc(C(C)(C)O)ccc3C2)nc(C2CC2)n1. The Bertz CT molecular complexity index is 808. The fourth-order valence-corrected chi connectivity index (χ4v) is 3.54. The summed E-state index contributed by atoms with van der Waals surface area (Å²) in [5, 5.41) is 13.6. The van der Waals surface area contributed by atoms with E-state index in [2.05, 4.69) is 40.3 Å². The first kappa shape index (κ1) is 17.3. The lowest BCUT2D eigenvalue weighted by atomic mass is 9.91. The van der Waals surface area contributed by atoms with Crippen LogP contribution in [0.4, 0.5) is 11.6 Å². The van der Waals surface area contributed by atoms with Gasteiger partial charge in [0, 0.05) is 31.6 Å². The van der Waals surface area contributed by atoms with Crippen LogP contribution < -0.4 is 10.2 Å². The van der Waals surface area contributed by atoms with E-state index in [0.29, 0.717) is 5.92 Å². The topological polar surface area (TPSA) is 61.3 Å². The zero-order valence-corrected chi connectivity index (χ0v) is 15.9. The molecule has 5 heteroatoms. The number of aromatic nitrogens is 2. The molecule has 2 aliphatic rings. The second-order valence-corrected chi connectivity index (χ2v) is 7.99. The fourth-order valence-electron chi connectivity index (χ4n) is 3.54. The predicted octanol–water partition coefficient (Wildman–Crippen LogP) is 3.58. The second-order valence-electron chi connectivity index (χ2n) is 7.99. The molecule has 1 aromatic heterocycles. The van der Waals surface area contributed by atoms with Crippen LogP contribution in [-0.2, 0) is 18.6 Å². The summed E-state index contributed by atoms with van der Waals surface area (Å²) in [6.07, 6.45) is 3.38. The van der Waals surface area contributed by atoms with Gasteiger partial charge < -0.3 is 15.3 Å². The van der Waals surface area contributed by atoms with Gasteiger partial charge in [-0.15, -0.1) is 0 Å². The summed E-state index contributed by atoms with van der Waals surface area (Å²) in [4.78, 5) is 11.9. The number of fused-ring (bicyclic) bond motifs is 1. The Balaban J connectivity index is 1.60. The van der Waals surface area contributed by atoms with E-state index < -0.39 is 5.60 Å². The molecular weight excluding hydrogens is 324 g/mol. The van der Waals surface area contributed by atoms with Crippen LogP contribution in [0.2, 0.25) is 0 Å². The summed E-state index contributed by atoms with van der Waals surface area (Å²) in [7, 11) is 0. The van der Waals surface area contributed by atoms with Gasteiger partial charge in [-0.1, -0.05) is 18.2 Å². The van der Waals surface area contributed by atoms with Crippen molar-refractivity contribution in [1.29, 1.82) is 0 Å². The van der Waals surface area contributed by atoms with Gasteiger partial charge in [0.2, 0.25) is 0 Å². The number of aliphatic hydroxyl groups is 1. The van der Waals surface area contributed by atoms with Crippen LogP contribution in [0.1, 0.15) is 62.0 Å². The molecule has 0 unspecified atom stereocenters. The van der Waals surface area contributed by atoms with E-state index in [4.69, 9.17) is 4.98 Å². The number of nitrogens with one attached hydrogen (secondary N) is 1. The van der Waals surface area contributed by atoms with Gasteiger partial charge in [0.25, 0.3) is 0 Å². The third-order valence-electron chi connectivity index (χ3n) is 5.28. The lowest BCUT2D eigenvalue weighted by Crippen LogP contribution is -2.32. The molecule has 1 fully saturated rings. The highest BCUT2D eigenvalue weighted by Gasteiger charge is 2.29. The maximum atomic E-state index is 10.3. The number of hydrogen-bond acceptors (Lipinski definition) is 5. The van der Waals surface area contributed by atoms with Crippen LogP contribution in [0.3, 0.4) is 0 Å². The minimum Gasteiger partial charge on any atom is -0.386 e. The second kappa shape index (κ2) is 6.54. The Morgan fingerprint density at radius 3 is 2.69 bits per heavy atom. The van der Waals surface area contributed by atoms with Crippen molar-refractivity contribution in [2.24, 2.45) is 0 Å².